The number of amides is 2. The highest BCUT2D eigenvalue weighted by atomic mass is 16.2. The molecule has 19 heavy (non-hydrogen) atoms. The summed E-state index contributed by atoms with van der Waals surface area (Å²) in [5, 5.41) is 7.48. The molecule has 6 heteroatoms. The van der Waals surface area contributed by atoms with Crippen molar-refractivity contribution >= 4 is 11.9 Å². The van der Waals surface area contributed by atoms with E-state index in [0.717, 1.165) is 52.1 Å². The Morgan fingerprint density at radius 3 is 2.05 bits per heavy atom. The lowest BCUT2D eigenvalue weighted by molar-refractivity contribution is 0.102. The van der Waals surface area contributed by atoms with Crippen LogP contribution in [0.1, 0.15) is 26.2 Å². The summed E-state index contributed by atoms with van der Waals surface area (Å²) in [7, 11) is 0. The number of piperidine rings is 1. The summed E-state index contributed by atoms with van der Waals surface area (Å²) in [6.07, 6.45) is 3.51. The van der Waals surface area contributed by atoms with Gasteiger partial charge in [-0.25, -0.2) is 4.79 Å². The molecule has 0 aromatic heterocycles. The van der Waals surface area contributed by atoms with Gasteiger partial charge in [-0.15, -0.1) is 0 Å². The predicted molar refractivity (Wildman–Crippen MR) is 75.3 cm³/mol. The van der Waals surface area contributed by atoms with Crippen molar-refractivity contribution < 1.29 is 4.79 Å². The van der Waals surface area contributed by atoms with Gasteiger partial charge in [0.2, 0.25) is 0 Å². The second kappa shape index (κ2) is 6.23. The molecule has 2 heterocycles. The van der Waals surface area contributed by atoms with Gasteiger partial charge >= 0.3 is 6.03 Å². The smallest absolute Gasteiger partial charge is 0.320 e. The maximum absolute atomic E-state index is 12.3. The van der Waals surface area contributed by atoms with Crippen molar-refractivity contribution in [3.63, 3.8) is 0 Å². The Morgan fingerprint density at radius 2 is 1.53 bits per heavy atom. The summed E-state index contributed by atoms with van der Waals surface area (Å²) in [5.74, 6) is 0.204. The number of nitrogens with zero attached hydrogens (tertiary/aromatic N) is 3. The summed E-state index contributed by atoms with van der Waals surface area (Å²) < 4.78 is 0. The van der Waals surface area contributed by atoms with Crippen molar-refractivity contribution in [2.45, 2.75) is 32.2 Å². The Hall–Kier alpha value is -1.30. The van der Waals surface area contributed by atoms with E-state index in [9.17, 15) is 4.79 Å². The molecule has 0 radical (unpaired) electrons. The fourth-order valence-corrected chi connectivity index (χ4v) is 2.78. The monoisotopic (exact) mass is 267 g/mol. The lowest BCUT2D eigenvalue weighted by Crippen LogP contribution is -2.56. The van der Waals surface area contributed by atoms with Crippen LogP contribution >= 0.6 is 0 Å². The van der Waals surface area contributed by atoms with Crippen LogP contribution in [0.15, 0.2) is 0 Å². The van der Waals surface area contributed by atoms with Gasteiger partial charge in [-0.2, -0.15) is 0 Å². The molecule has 0 aromatic carbocycles. The molecule has 1 atom stereocenters. The normalized spacial score (nSPS) is 23.2. The van der Waals surface area contributed by atoms with E-state index in [1.54, 1.807) is 0 Å². The third kappa shape index (κ3) is 3.37. The zero-order valence-corrected chi connectivity index (χ0v) is 11.8. The summed E-state index contributed by atoms with van der Waals surface area (Å²) in [5.41, 5.74) is 5.53. The Morgan fingerprint density at radius 1 is 1.00 bits per heavy atom. The Kier molecular flexibility index (Phi) is 4.63. The van der Waals surface area contributed by atoms with Crippen LogP contribution in [-0.2, 0) is 0 Å². The Bertz CT molecular complexity index is 332. The van der Waals surface area contributed by atoms with Crippen molar-refractivity contribution in [1.82, 2.24) is 14.7 Å². The molecule has 0 aliphatic carbocycles. The molecule has 1 unspecified atom stereocenters. The number of nitrogens with one attached hydrogen (secondary N) is 1. The number of hydrogen-bond donors (Lipinski definition) is 2. The van der Waals surface area contributed by atoms with E-state index in [1.165, 1.54) is 6.42 Å². The predicted octanol–water partition coefficient (Wildman–Crippen LogP) is 0.534. The van der Waals surface area contributed by atoms with E-state index in [-0.39, 0.29) is 17.9 Å². The largest absolute Gasteiger partial charge is 0.386 e. The van der Waals surface area contributed by atoms with Crippen LogP contribution in [0.2, 0.25) is 0 Å². The molecule has 2 amide bonds. The average Bonchev–Trinajstić information content (AvgIpc) is 2.46. The molecule has 0 spiro atoms. The molecule has 2 fully saturated rings. The highest BCUT2D eigenvalue weighted by Crippen LogP contribution is 2.13. The molecule has 3 N–H and O–H groups in total. The first-order chi connectivity index (χ1) is 9.09. The van der Waals surface area contributed by atoms with Crippen molar-refractivity contribution in [2.75, 3.05) is 39.3 Å². The van der Waals surface area contributed by atoms with Crippen LogP contribution in [0.4, 0.5) is 4.79 Å². The van der Waals surface area contributed by atoms with E-state index in [0.29, 0.717) is 0 Å². The lowest BCUT2D eigenvalue weighted by Gasteiger charge is -2.40. The maximum atomic E-state index is 12.3. The number of amidine groups is 1. The first kappa shape index (κ1) is 14.1. The third-order valence-electron chi connectivity index (χ3n) is 4.21. The molecular formula is C13H25N5O. The minimum Gasteiger partial charge on any atom is -0.386 e. The average molecular weight is 267 g/mol. The third-order valence-corrected chi connectivity index (χ3v) is 4.21. The minimum atomic E-state index is -0.0211. The van der Waals surface area contributed by atoms with Gasteiger partial charge in [0.15, 0.2) is 0 Å². The number of rotatable bonds is 2. The molecular weight excluding hydrogens is 242 g/mol. The van der Waals surface area contributed by atoms with Gasteiger partial charge < -0.3 is 15.5 Å². The fourth-order valence-electron chi connectivity index (χ4n) is 2.78. The van der Waals surface area contributed by atoms with Gasteiger partial charge in [-0.05, 0) is 26.2 Å². The van der Waals surface area contributed by atoms with E-state index in [1.807, 2.05) is 16.7 Å². The van der Waals surface area contributed by atoms with Gasteiger partial charge in [0, 0.05) is 39.3 Å². The van der Waals surface area contributed by atoms with Crippen LogP contribution in [0.3, 0.4) is 0 Å². The first-order valence-corrected chi connectivity index (χ1v) is 7.21. The zero-order valence-electron chi connectivity index (χ0n) is 11.8. The second-order valence-corrected chi connectivity index (χ2v) is 5.48. The van der Waals surface area contributed by atoms with Crippen LogP contribution in [0, 0.1) is 5.41 Å². The van der Waals surface area contributed by atoms with Crippen LogP contribution < -0.4 is 5.73 Å². The van der Waals surface area contributed by atoms with Crippen LogP contribution in [0.5, 0.6) is 0 Å². The van der Waals surface area contributed by atoms with Gasteiger partial charge in [-0.1, -0.05) is 0 Å². The number of likely N-dealkylation sites (tertiary alicyclic amines) is 1. The lowest BCUT2D eigenvalue weighted by atomic mass is 10.1. The van der Waals surface area contributed by atoms with Crippen molar-refractivity contribution in [2.24, 2.45) is 5.73 Å². The molecule has 2 saturated heterocycles. The maximum Gasteiger partial charge on any atom is 0.320 e. The summed E-state index contributed by atoms with van der Waals surface area (Å²) in [4.78, 5) is 18.4. The minimum absolute atomic E-state index is 0.0211. The molecule has 2 aliphatic heterocycles. The van der Waals surface area contributed by atoms with Gasteiger partial charge in [-0.3, -0.25) is 10.3 Å². The highest BCUT2D eigenvalue weighted by molar-refractivity contribution is 5.82. The van der Waals surface area contributed by atoms with E-state index in [2.05, 4.69) is 4.90 Å². The molecule has 0 bridgehead atoms. The quantitative estimate of drug-likeness (QED) is 0.566. The molecule has 6 nitrogen and oxygen atoms in total. The number of carbonyl (C=O) groups is 1. The molecule has 2 aliphatic rings. The van der Waals surface area contributed by atoms with Gasteiger partial charge in [0.05, 0.1) is 6.04 Å². The number of carbonyl (C=O) groups excluding carboxylic acids is 1. The number of hydrogen-bond acceptors (Lipinski definition) is 3. The Balaban J connectivity index is 1.82. The number of piperazine rings is 1. The molecule has 0 saturated carbocycles. The SMILES string of the molecule is CC(C(=N)N)N1CCN(C(=O)N2CCCCC2)CC1. The highest BCUT2D eigenvalue weighted by Gasteiger charge is 2.28. The zero-order chi connectivity index (χ0) is 13.8. The molecule has 108 valence electrons. The van der Waals surface area contributed by atoms with E-state index in [4.69, 9.17) is 11.1 Å². The van der Waals surface area contributed by atoms with E-state index >= 15 is 0 Å². The van der Waals surface area contributed by atoms with Gasteiger partial charge in [0.1, 0.15) is 5.84 Å². The van der Waals surface area contributed by atoms with Crippen molar-refractivity contribution in [3.8, 4) is 0 Å². The first-order valence-electron chi connectivity index (χ1n) is 7.21. The molecule has 0 aromatic rings. The standard InChI is InChI=1S/C13H25N5O/c1-11(12(14)15)16-7-9-18(10-8-16)13(19)17-5-3-2-4-6-17/h11H,2-10H2,1H3,(H3,14,15). The fraction of sp³-hybridized carbons (Fsp3) is 0.846. The number of nitrogens with two attached hydrogens (primary N) is 1. The van der Waals surface area contributed by atoms with E-state index < -0.39 is 0 Å². The summed E-state index contributed by atoms with van der Waals surface area (Å²) >= 11 is 0. The summed E-state index contributed by atoms with van der Waals surface area (Å²) in [6.45, 7) is 6.86. The van der Waals surface area contributed by atoms with Crippen LogP contribution in [-0.4, -0.2) is 71.9 Å². The Labute approximate surface area is 115 Å². The number of urea groups is 1. The second-order valence-electron chi connectivity index (χ2n) is 5.48. The van der Waals surface area contributed by atoms with Crippen molar-refractivity contribution in [1.29, 1.82) is 5.41 Å². The van der Waals surface area contributed by atoms with Crippen molar-refractivity contribution in [3.05, 3.63) is 0 Å². The van der Waals surface area contributed by atoms with Crippen LogP contribution in [0.25, 0.3) is 0 Å². The molecule has 2 rings (SSSR count). The topological polar surface area (TPSA) is 76.7 Å². The summed E-state index contributed by atoms with van der Waals surface area (Å²) in [6, 6.07) is 0.169. The van der Waals surface area contributed by atoms with Gasteiger partial charge in [0.25, 0.3) is 0 Å².